The van der Waals surface area contributed by atoms with Crippen LogP contribution < -0.4 is 10.5 Å². The predicted octanol–water partition coefficient (Wildman–Crippen LogP) is 3.45. The van der Waals surface area contributed by atoms with Crippen LogP contribution in [0.15, 0.2) is 65.5 Å². The van der Waals surface area contributed by atoms with E-state index in [1.807, 2.05) is 43.3 Å². The largest absolute Gasteiger partial charge is 0.307 e. The first kappa shape index (κ1) is 18.2. The molecule has 0 saturated heterocycles. The Morgan fingerprint density at radius 2 is 1.82 bits per heavy atom. The second kappa shape index (κ2) is 7.43. The van der Waals surface area contributed by atoms with Gasteiger partial charge in [0.25, 0.3) is 5.56 Å². The number of fused-ring (bicyclic) bond motifs is 1. The number of hydrogen-bond donors (Lipinski definition) is 0. The number of para-hydroxylation sites is 1. The molecule has 2 heterocycles. The number of amides is 1. The van der Waals surface area contributed by atoms with E-state index >= 15 is 0 Å². The molecule has 1 unspecified atom stereocenters. The third-order valence-corrected chi connectivity index (χ3v) is 5.29. The molecule has 1 amide bonds. The van der Waals surface area contributed by atoms with Gasteiger partial charge in [-0.05, 0) is 43.0 Å². The number of aromatic nitrogens is 2. The second-order valence-electron chi connectivity index (χ2n) is 7.21. The lowest BCUT2D eigenvalue weighted by Crippen LogP contribution is -2.40. The van der Waals surface area contributed by atoms with E-state index < -0.39 is 0 Å². The van der Waals surface area contributed by atoms with E-state index in [-0.39, 0.29) is 24.1 Å². The van der Waals surface area contributed by atoms with Gasteiger partial charge in [0.15, 0.2) is 0 Å². The molecule has 2 aromatic carbocycles. The molecule has 28 heavy (non-hydrogen) atoms. The van der Waals surface area contributed by atoms with Gasteiger partial charge in [-0.25, -0.2) is 4.68 Å². The summed E-state index contributed by atoms with van der Waals surface area (Å²) in [6, 6.07) is 19.3. The van der Waals surface area contributed by atoms with Crippen LogP contribution in [0, 0.1) is 0 Å². The molecule has 0 radical (unpaired) electrons. The van der Waals surface area contributed by atoms with Gasteiger partial charge in [0.05, 0.1) is 5.69 Å². The van der Waals surface area contributed by atoms with Crippen LogP contribution in [-0.2, 0) is 24.2 Å². The van der Waals surface area contributed by atoms with Gasteiger partial charge in [-0.1, -0.05) is 49.4 Å². The highest BCUT2D eigenvalue weighted by Gasteiger charge is 2.30. The Labute approximate surface area is 164 Å². The van der Waals surface area contributed by atoms with Crippen LogP contribution in [0.3, 0.4) is 0 Å². The van der Waals surface area contributed by atoms with Crippen LogP contribution in [0.4, 0.5) is 5.69 Å². The molecule has 0 fully saturated rings. The number of carbonyl (C=O) groups is 1. The van der Waals surface area contributed by atoms with Gasteiger partial charge in [-0.15, -0.1) is 0 Å². The van der Waals surface area contributed by atoms with Gasteiger partial charge < -0.3 is 4.90 Å². The van der Waals surface area contributed by atoms with Crippen molar-refractivity contribution in [3.05, 3.63) is 82.1 Å². The lowest BCUT2D eigenvalue weighted by Gasteiger charge is -2.23. The summed E-state index contributed by atoms with van der Waals surface area (Å²) in [5.74, 6) is -0.120. The molecular formula is C23H23N3O2. The van der Waals surface area contributed by atoms with Crippen LogP contribution in [-0.4, -0.2) is 21.7 Å². The Balaban J connectivity index is 1.61. The first-order valence-electron chi connectivity index (χ1n) is 9.64. The highest BCUT2D eigenvalue weighted by atomic mass is 16.2. The van der Waals surface area contributed by atoms with Gasteiger partial charge >= 0.3 is 0 Å². The number of anilines is 1. The number of benzene rings is 2. The van der Waals surface area contributed by atoms with Crippen molar-refractivity contribution < 1.29 is 4.79 Å². The molecule has 5 heteroatoms. The molecule has 0 saturated carbocycles. The molecule has 0 aliphatic carbocycles. The summed E-state index contributed by atoms with van der Waals surface area (Å²) in [5, 5.41) is 4.45. The van der Waals surface area contributed by atoms with Crippen molar-refractivity contribution in [1.82, 2.24) is 9.78 Å². The summed E-state index contributed by atoms with van der Waals surface area (Å²) in [6.07, 6.45) is 1.80. The lowest BCUT2D eigenvalue weighted by molar-refractivity contribution is -0.119. The van der Waals surface area contributed by atoms with Gasteiger partial charge in [-0.2, -0.15) is 5.10 Å². The molecule has 1 atom stereocenters. The maximum Gasteiger partial charge on any atom is 0.267 e. The van der Waals surface area contributed by atoms with Crippen LogP contribution in [0.5, 0.6) is 0 Å². The van der Waals surface area contributed by atoms with Gasteiger partial charge in [0, 0.05) is 23.4 Å². The molecule has 142 valence electrons. The maximum absolute atomic E-state index is 13.0. The summed E-state index contributed by atoms with van der Waals surface area (Å²) < 4.78 is 1.26. The van der Waals surface area contributed by atoms with Crippen molar-refractivity contribution in [1.29, 1.82) is 0 Å². The van der Waals surface area contributed by atoms with Gasteiger partial charge in [-0.3, -0.25) is 9.59 Å². The first-order chi connectivity index (χ1) is 13.6. The normalized spacial score (nSPS) is 15.5. The Bertz CT molecular complexity index is 1070. The Kier molecular flexibility index (Phi) is 4.82. The topological polar surface area (TPSA) is 55.2 Å². The molecule has 0 spiro atoms. The molecule has 1 aliphatic rings. The van der Waals surface area contributed by atoms with Crippen molar-refractivity contribution in [2.45, 2.75) is 39.3 Å². The third kappa shape index (κ3) is 3.36. The number of nitrogens with zero attached hydrogens (tertiary/aromatic N) is 3. The Morgan fingerprint density at radius 3 is 2.57 bits per heavy atom. The van der Waals surface area contributed by atoms with Crippen LogP contribution >= 0.6 is 0 Å². The average molecular weight is 373 g/mol. The Hall–Kier alpha value is -3.21. The van der Waals surface area contributed by atoms with Crippen LogP contribution in [0.1, 0.15) is 25.0 Å². The van der Waals surface area contributed by atoms with E-state index in [9.17, 15) is 9.59 Å². The predicted molar refractivity (Wildman–Crippen MR) is 110 cm³/mol. The van der Waals surface area contributed by atoms with Crippen molar-refractivity contribution >= 4 is 11.6 Å². The average Bonchev–Trinajstić information content (AvgIpc) is 3.05. The van der Waals surface area contributed by atoms with E-state index in [2.05, 4.69) is 24.2 Å². The number of carbonyl (C=O) groups excluding carboxylic acids is 1. The number of hydrogen-bond acceptors (Lipinski definition) is 3. The fourth-order valence-corrected chi connectivity index (χ4v) is 3.78. The minimum atomic E-state index is -0.276. The zero-order valence-corrected chi connectivity index (χ0v) is 16.1. The summed E-state index contributed by atoms with van der Waals surface area (Å²) in [6.45, 7) is 4.06. The maximum atomic E-state index is 13.0. The highest BCUT2D eigenvalue weighted by Crippen LogP contribution is 2.31. The van der Waals surface area contributed by atoms with Gasteiger partial charge in [0.1, 0.15) is 6.54 Å². The monoisotopic (exact) mass is 373 g/mol. The fraction of sp³-hybridized carbons (Fsp3) is 0.261. The third-order valence-electron chi connectivity index (χ3n) is 5.29. The Morgan fingerprint density at radius 1 is 1.07 bits per heavy atom. The summed E-state index contributed by atoms with van der Waals surface area (Å²) in [4.78, 5) is 27.1. The molecule has 5 nitrogen and oxygen atoms in total. The molecule has 3 aromatic rings. The van der Waals surface area contributed by atoms with Crippen LogP contribution in [0.25, 0.3) is 11.3 Å². The first-order valence-corrected chi connectivity index (χ1v) is 9.64. The molecule has 0 N–H and O–H groups in total. The quantitative estimate of drug-likeness (QED) is 0.704. The second-order valence-corrected chi connectivity index (χ2v) is 7.21. The minimum absolute atomic E-state index is 0.0710. The molecule has 4 rings (SSSR count). The summed E-state index contributed by atoms with van der Waals surface area (Å²) in [7, 11) is 0. The van der Waals surface area contributed by atoms with E-state index in [0.717, 1.165) is 29.7 Å². The van der Waals surface area contributed by atoms with Crippen molar-refractivity contribution in [2.75, 3.05) is 4.90 Å². The number of aryl methyl sites for hydroxylation is 1. The van der Waals surface area contributed by atoms with Crippen molar-refractivity contribution in [2.24, 2.45) is 0 Å². The zero-order chi connectivity index (χ0) is 19.7. The minimum Gasteiger partial charge on any atom is -0.307 e. The summed E-state index contributed by atoms with van der Waals surface area (Å²) in [5.41, 5.74) is 4.67. The molecular weight excluding hydrogens is 350 g/mol. The van der Waals surface area contributed by atoms with Crippen molar-refractivity contribution in [3.8, 4) is 11.3 Å². The molecule has 0 bridgehead atoms. The van der Waals surface area contributed by atoms with E-state index in [1.165, 1.54) is 16.3 Å². The fourth-order valence-electron chi connectivity index (χ4n) is 3.78. The highest BCUT2D eigenvalue weighted by molar-refractivity contribution is 5.96. The SMILES string of the molecule is CCc1ccc(-c2ccc(=O)n(CC(=O)N3c4ccccc4CC3C)n2)cc1. The van der Waals surface area contributed by atoms with E-state index in [0.29, 0.717) is 5.69 Å². The number of rotatable bonds is 4. The summed E-state index contributed by atoms with van der Waals surface area (Å²) >= 11 is 0. The lowest BCUT2D eigenvalue weighted by atomic mass is 10.1. The zero-order valence-electron chi connectivity index (χ0n) is 16.1. The van der Waals surface area contributed by atoms with E-state index in [1.54, 1.807) is 11.0 Å². The smallest absolute Gasteiger partial charge is 0.267 e. The molecule has 1 aromatic heterocycles. The molecule has 1 aliphatic heterocycles. The van der Waals surface area contributed by atoms with Crippen LogP contribution in [0.2, 0.25) is 0 Å². The van der Waals surface area contributed by atoms with E-state index in [4.69, 9.17) is 0 Å². The van der Waals surface area contributed by atoms with Crippen molar-refractivity contribution in [3.63, 3.8) is 0 Å². The standard InChI is InChI=1S/C23H23N3O2/c1-3-17-8-10-18(11-9-17)20-12-13-22(27)25(24-20)15-23(28)26-16(2)14-19-6-4-5-7-21(19)26/h4-13,16H,3,14-15H2,1-2H3. The van der Waals surface area contributed by atoms with Gasteiger partial charge in [0.2, 0.25) is 5.91 Å².